The second kappa shape index (κ2) is 8.34. The van der Waals surface area contributed by atoms with Gasteiger partial charge in [0.1, 0.15) is 5.76 Å². The highest BCUT2D eigenvalue weighted by atomic mass is 16.5. The standard InChI is InChI=1S/C19H30O/c1-3-5-6-7-16-8-10-17(11-9-16)18-12-14-19(15-13-18)20-4-2/h6-7,12,14-18H,3-5,8-11,13H2,1-2H3/b7-6+. The molecule has 1 fully saturated rings. The monoisotopic (exact) mass is 274 g/mol. The Bertz CT molecular complexity index is 356. The third kappa shape index (κ3) is 4.54. The molecule has 0 N–H and O–H groups in total. The van der Waals surface area contributed by atoms with E-state index in [0.717, 1.165) is 30.1 Å². The summed E-state index contributed by atoms with van der Waals surface area (Å²) in [6, 6.07) is 0. The zero-order valence-electron chi connectivity index (χ0n) is 13.2. The number of hydrogen-bond donors (Lipinski definition) is 0. The van der Waals surface area contributed by atoms with Crippen LogP contribution in [0, 0.1) is 17.8 Å². The van der Waals surface area contributed by atoms with Crippen molar-refractivity contribution in [3.8, 4) is 0 Å². The molecule has 0 spiro atoms. The van der Waals surface area contributed by atoms with Crippen LogP contribution < -0.4 is 0 Å². The highest BCUT2D eigenvalue weighted by Gasteiger charge is 2.25. The molecule has 20 heavy (non-hydrogen) atoms. The first-order valence-corrected chi connectivity index (χ1v) is 8.51. The zero-order valence-corrected chi connectivity index (χ0v) is 13.2. The van der Waals surface area contributed by atoms with Crippen LogP contribution in [0.3, 0.4) is 0 Å². The Morgan fingerprint density at radius 3 is 2.60 bits per heavy atom. The molecule has 1 heteroatoms. The van der Waals surface area contributed by atoms with E-state index >= 15 is 0 Å². The van der Waals surface area contributed by atoms with Gasteiger partial charge in [0.25, 0.3) is 0 Å². The average molecular weight is 274 g/mol. The maximum absolute atomic E-state index is 5.56. The van der Waals surface area contributed by atoms with Crippen molar-refractivity contribution in [3.63, 3.8) is 0 Å². The van der Waals surface area contributed by atoms with Gasteiger partial charge in [-0.15, -0.1) is 0 Å². The van der Waals surface area contributed by atoms with Crippen molar-refractivity contribution in [3.05, 3.63) is 36.1 Å². The van der Waals surface area contributed by atoms with Gasteiger partial charge in [-0.1, -0.05) is 31.6 Å². The Kier molecular flexibility index (Phi) is 6.42. The zero-order chi connectivity index (χ0) is 14.2. The highest BCUT2D eigenvalue weighted by Crippen LogP contribution is 2.37. The summed E-state index contributed by atoms with van der Waals surface area (Å²) in [4.78, 5) is 0. The Labute approximate surface area is 124 Å². The van der Waals surface area contributed by atoms with Crippen molar-refractivity contribution < 1.29 is 4.74 Å². The Morgan fingerprint density at radius 2 is 2.00 bits per heavy atom. The maximum atomic E-state index is 5.56. The van der Waals surface area contributed by atoms with Gasteiger partial charge in [0, 0.05) is 0 Å². The Balaban J connectivity index is 1.74. The number of allylic oxidation sites excluding steroid dienone is 5. The van der Waals surface area contributed by atoms with Crippen molar-refractivity contribution in [2.24, 2.45) is 17.8 Å². The molecule has 2 aliphatic carbocycles. The largest absolute Gasteiger partial charge is 0.494 e. The molecule has 1 saturated carbocycles. The summed E-state index contributed by atoms with van der Waals surface area (Å²) < 4.78 is 5.56. The van der Waals surface area contributed by atoms with Crippen LogP contribution in [0.4, 0.5) is 0 Å². The van der Waals surface area contributed by atoms with Crippen LogP contribution in [0.2, 0.25) is 0 Å². The van der Waals surface area contributed by atoms with Crippen molar-refractivity contribution in [1.82, 2.24) is 0 Å². The Morgan fingerprint density at radius 1 is 1.20 bits per heavy atom. The first-order valence-electron chi connectivity index (χ1n) is 8.51. The molecule has 0 aliphatic heterocycles. The third-order valence-electron chi connectivity index (χ3n) is 4.70. The molecule has 0 heterocycles. The van der Waals surface area contributed by atoms with Crippen molar-refractivity contribution in [2.45, 2.75) is 58.8 Å². The van der Waals surface area contributed by atoms with Crippen molar-refractivity contribution in [1.29, 1.82) is 0 Å². The van der Waals surface area contributed by atoms with E-state index in [9.17, 15) is 0 Å². The summed E-state index contributed by atoms with van der Waals surface area (Å²) in [6.45, 7) is 5.07. The third-order valence-corrected chi connectivity index (χ3v) is 4.70. The van der Waals surface area contributed by atoms with E-state index in [4.69, 9.17) is 4.74 Å². The number of rotatable bonds is 6. The van der Waals surface area contributed by atoms with Gasteiger partial charge in [0.05, 0.1) is 6.61 Å². The van der Waals surface area contributed by atoms with Gasteiger partial charge in [-0.3, -0.25) is 0 Å². The van der Waals surface area contributed by atoms with Gasteiger partial charge in [0.2, 0.25) is 0 Å². The minimum absolute atomic E-state index is 0.750. The molecule has 0 saturated heterocycles. The van der Waals surface area contributed by atoms with Gasteiger partial charge in [0.15, 0.2) is 0 Å². The molecule has 1 atom stereocenters. The molecule has 0 amide bonds. The van der Waals surface area contributed by atoms with Gasteiger partial charge >= 0.3 is 0 Å². The van der Waals surface area contributed by atoms with Crippen LogP contribution in [-0.4, -0.2) is 6.61 Å². The fraction of sp³-hybridized carbons (Fsp3) is 0.684. The fourth-order valence-corrected chi connectivity index (χ4v) is 3.46. The van der Waals surface area contributed by atoms with Gasteiger partial charge in [-0.25, -0.2) is 0 Å². The highest BCUT2D eigenvalue weighted by molar-refractivity contribution is 5.19. The van der Waals surface area contributed by atoms with E-state index < -0.39 is 0 Å². The predicted octanol–water partition coefficient (Wildman–Crippen LogP) is 5.65. The molecule has 0 aromatic carbocycles. The van der Waals surface area contributed by atoms with Crippen molar-refractivity contribution >= 4 is 0 Å². The lowest BCUT2D eigenvalue weighted by Gasteiger charge is -2.32. The van der Waals surface area contributed by atoms with Gasteiger partial charge in [-0.2, -0.15) is 0 Å². The van der Waals surface area contributed by atoms with E-state index in [-0.39, 0.29) is 0 Å². The molecule has 1 unspecified atom stereocenters. The molecule has 2 aliphatic rings. The first-order chi connectivity index (χ1) is 9.83. The molecule has 112 valence electrons. The Hall–Kier alpha value is -0.980. The number of ether oxygens (including phenoxy) is 1. The lowest BCUT2D eigenvalue weighted by atomic mass is 9.74. The molecule has 1 nitrogen and oxygen atoms in total. The second-order valence-electron chi connectivity index (χ2n) is 6.19. The number of unbranched alkanes of at least 4 members (excludes halogenated alkanes) is 1. The minimum atomic E-state index is 0.750. The molecule has 0 aromatic heterocycles. The number of hydrogen-bond acceptors (Lipinski definition) is 1. The average Bonchev–Trinajstić information content (AvgIpc) is 2.49. The van der Waals surface area contributed by atoms with E-state index in [0.29, 0.717) is 0 Å². The SMILES string of the molecule is CCC/C=C/C1CCC(C2C=CC(OCC)=CC2)CC1. The summed E-state index contributed by atoms with van der Waals surface area (Å²) in [5.74, 6) is 3.56. The summed E-state index contributed by atoms with van der Waals surface area (Å²) >= 11 is 0. The van der Waals surface area contributed by atoms with E-state index in [1.54, 1.807) is 0 Å². The van der Waals surface area contributed by atoms with Crippen LogP contribution in [0.25, 0.3) is 0 Å². The molecule has 0 radical (unpaired) electrons. The van der Waals surface area contributed by atoms with Gasteiger partial charge in [-0.05, 0) is 75.4 Å². The summed E-state index contributed by atoms with van der Waals surface area (Å²) in [6.07, 6.45) is 21.0. The second-order valence-corrected chi connectivity index (χ2v) is 6.19. The lowest BCUT2D eigenvalue weighted by Crippen LogP contribution is -2.20. The van der Waals surface area contributed by atoms with E-state index in [1.165, 1.54) is 44.9 Å². The normalized spacial score (nSPS) is 30.5. The predicted molar refractivity (Wildman–Crippen MR) is 86.5 cm³/mol. The smallest absolute Gasteiger partial charge is 0.115 e. The molecule has 0 aromatic rings. The molecule has 2 rings (SSSR count). The minimum Gasteiger partial charge on any atom is -0.494 e. The summed E-state index contributed by atoms with van der Waals surface area (Å²) in [7, 11) is 0. The lowest BCUT2D eigenvalue weighted by molar-refractivity contribution is 0.226. The quantitative estimate of drug-likeness (QED) is 0.569. The van der Waals surface area contributed by atoms with E-state index in [2.05, 4.69) is 37.3 Å². The van der Waals surface area contributed by atoms with Crippen LogP contribution in [0.1, 0.15) is 58.8 Å². The topological polar surface area (TPSA) is 9.23 Å². The van der Waals surface area contributed by atoms with Crippen molar-refractivity contribution in [2.75, 3.05) is 6.61 Å². The van der Waals surface area contributed by atoms with Crippen LogP contribution in [0.15, 0.2) is 36.1 Å². The summed E-state index contributed by atoms with van der Waals surface area (Å²) in [5, 5.41) is 0. The summed E-state index contributed by atoms with van der Waals surface area (Å²) in [5.41, 5.74) is 0. The first kappa shape index (κ1) is 15.4. The maximum Gasteiger partial charge on any atom is 0.115 e. The van der Waals surface area contributed by atoms with Gasteiger partial charge < -0.3 is 4.74 Å². The molecule has 0 bridgehead atoms. The fourth-order valence-electron chi connectivity index (χ4n) is 3.46. The molecular weight excluding hydrogens is 244 g/mol. The van der Waals surface area contributed by atoms with Crippen LogP contribution in [-0.2, 0) is 4.74 Å². The van der Waals surface area contributed by atoms with Crippen LogP contribution >= 0.6 is 0 Å². The van der Waals surface area contributed by atoms with Crippen LogP contribution in [0.5, 0.6) is 0 Å². The molecular formula is C19H30O. The van der Waals surface area contributed by atoms with E-state index in [1.807, 2.05) is 6.92 Å².